The highest BCUT2D eigenvalue weighted by Gasteiger charge is 2.36. The van der Waals surface area contributed by atoms with E-state index in [1.54, 1.807) is 18.3 Å². The molecule has 5 heteroatoms. The maximum Gasteiger partial charge on any atom is 0.243 e. The molecule has 0 N–H and O–H groups in total. The van der Waals surface area contributed by atoms with Crippen molar-refractivity contribution in [1.82, 2.24) is 9.99 Å². The number of pyridine rings is 1. The zero-order valence-electron chi connectivity index (χ0n) is 15.5. The van der Waals surface area contributed by atoms with Crippen molar-refractivity contribution in [3.63, 3.8) is 0 Å². The number of hydrogen-bond acceptors (Lipinski definition) is 4. The van der Waals surface area contributed by atoms with Crippen LogP contribution < -0.4 is 5.01 Å². The van der Waals surface area contributed by atoms with Gasteiger partial charge in [-0.1, -0.05) is 45.0 Å². The number of hydrogen-bond donors (Lipinski definition) is 0. The summed E-state index contributed by atoms with van der Waals surface area (Å²) in [5, 5.41) is 5.85. The van der Waals surface area contributed by atoms with Gasteiger partial charge in [0.05, 0.1) is 0 Å². The van der Waals surface area contributed by atoms with Crippen LogP contribution in [0.2, 0.25) is 0 Å². The van der Waals surface area contributed by atoms with Crippen molar-refractivity contribution < 1.29 is 9.53 Å². The van der Waals surface area contributed by atoms with Gasteiger partial charge in [-0.25, -0.2) is 9.99 Å². The van der Waals surface area contributed by atoms with E-state index >= 15 is 0 Å². The Morgan fingerprint density at radius 1 is 1.32 bits per heavy atom. The molecule has 2 heterocycles. The monoisotopic (exact) mass is 341 g/mol. The lowest BCUT2D eigenvalue weighted by Gasteiger charge is -2.36. The molecule has 1 fully saturated rings. The van der Waals surface area contributed by atoms with Crippen LogP contribution in [0.1, 0.15) is 40.0 Å². The second-order valence-electron chi connectivity index (χ2n) is 7.79. The van der Waals surface area contributed by atoms with Gasteiger partial charge in [0.25, 0.3) is 0 Å². The minimum Gasteiger partial charge on any atom is -0.365 e. The number of carbonyl (C=O) groups excluding carboxylic acids is 1. The number of rotatable bonds is 4. The lowest BCUT2D eigenvalue weighted by atomic mass is 9.92. The number of fused-ring (bicyclic) bond motifs is 1. The molecule has 1 atom stereocenters. The molecular weight excluding hydrogens is 314 g/mol. The van der Waals surface area contributed by atoms with Crippen LogP contribution in [0.25, 0.3) is 10.8 Å². The first-order chi connectivity index (χ1) is 11.9. The summed E-state index contributed by atoms with van der Waals surface area (Å²) in [5.41, 5.74) is -0.0950. The number of methoxy groups -OCH3 is 1. The molecule has 2 aromatic rings. The number of amides is 1. The minimum absolute atomic E-state index is 0.0558. The number of hydrazine groups is 1. The summed E-state index contributed by atoms with van der Waals surface area (Å²) in [6.07, 6.45) is 4.05. The van der Waals surface area contributed by atoms with E-state index < -0.39 is 0 Å². The summed E-state index contributed by atoms with van der Waals surface area (Å²) in [4.78, 5) is 17.8. The summed E-state index contributed by atoms with van der Waals surface area (Å²) in [6, 6.07) is 10.0. The van der Waals surface area contributed by atoms with Crippen LogP contribution in [0.5, 0.6) is 0 Å². The Morgan fingerprint density at radius 2 is 2.08 bits per heavy atom. The van der Waals surface area contributed by atoms with E-state index in [1.807, 2.05) is 35.3 Å². The maximum atomic E-state index is 13.2. The lowest BCUT2D eigenvalue weighted by molar-refractivity contribution is -0.126. The molecule has 0 bridgehead atoms. The third kappa shape index (κ3) is 3.83. The van der Waals surface area contributed by atoms with Crippen molar-refractivity contribution in [3.8, 4) is 0 Å². The highest BCUT2D eigenvalue weighted by atomic mass is 16.5. The van der Waals surface area contributed by atoms with Crippen LogP contribution in [-0.4, -0.2) is 35.8 Å². The van der Waals surface area contributed by atoms with Gasteiger partial charge < -0.3 is 4.74 Å². The Bertz CT molecular complexity index is 749. The van der Waals surface area contributed by atoms with Gasteiger partial charge in [0.2, 0.25) is 5.91 Å². The molecule has 0 radical (unpaired) electrons. The van der Waals surface area contributed by atoms with E-state index in [4.69, 9.17) is 4.74 Å². The first-order valence-corrected chi connectivity index (χ1v) is 8.87. The van der Waals surface area contributed by atoms with Crippen LogP contribution in [-0.2, 0) is 9.53 Å². The molecule has 1 aliphatic rings. The molecular formula is C20H27N3O2. The standard InChI is InChI=1S/C20H27N3O2/c1-20(2,3)14-17(24)23(22-13-7-10-18(22)25-4)19-16-9-6-5-8-15(16)11-12-21-19/h5-6,8-9,11-12,18H,7,10,13-14H2,1-4H3. The molecule has 3 rings (SSSR count). The topological polar surface area (TPSA) is 45.7 Å². The minimum atomic E-state index is -0.0950. The fourth-order valence-corrected chi connectivity index (χ4v) is 3.37. The van der Waals surface area contributed by atoms with Gasteiger partial charge in [-0.2, -0.15) is 5.01 Å². The molecule has 0 saturated carbocycles. The number of nitrogens with zero attached hydrogens (tertiary/aromatic N) is 3. The molecule has 25 heavy (non-hydrogen) atoms. The zero-order chi connectivity index (χ0) is 18.0. The Hall–Kier alpha value is -1.98. The van der Waals surface area contributed by atoms with Crippen molar-refractivity contribution in [3.05, 3.63) is 36.5 Å². The average molecular weight is 341 g/mol. The number of benzene rings is 1. The largest absolute Gasteiger partial charge is 0.365 e. The van der Waals surface area contributed by atoms with Gasteiger partial charge in [-0.3, -0.25) is 4.79 Å². The molecule has 1 unspecified atom stereocenters. The Morgan fingerprint density at radius 3 is 2.80 bits per heavy atom. The number of carbonyl (C=O) groups is 1. The van der Waals surface area contributed by atoms with Gasteiger partial charge in [-0.05, 0) is 29.7 Å². The van der Waals surface area contributed by atoms with Gasteiger partial charge in [0.1, 0.15) is 6.23 Å². The van der Waals surface area contributed by atoms with Crippen molar-refractivity contribution >= 4 is 22.5 Å². The zero-order valence-corrected chi connectivity index (χ0v) is 15.5. The molecule has 1 aromatic carbocycles. The maximum absolute atomic E-state index is 13.2. The van der Waals surface area contributed by atoms with Crippen LogP contribution >= 0.6 is 0 Å². The molecule has 0 spiro atoms. The fourth-order valence-electron chi connectivity index (χ4n) is 3.37. The van der Waals surface area contributed by atoms with Crippen LogP contribution in [0.15, 0.2) is 36.5 Å². The summed E-state index contributed by atoms with van der Waals surface area (Å²) < 4.78 is 5.62. The van der Waals surface area contributed by atoms with Crippen LogP contribution in [0, 0.1) is 5.41 Å². The van der Waals surface area contributed by atoms with E-state index in [0.29, 0.717) is 12.2 Å². The fraction of sp³-hybridized carbons (Fsp3) is 0.500. The molecule has 1 aliphatic heterocycles. The van der Waals surface area contributed by atoms with E-state index in [1.165, 1.54) is 0 Å². The predicted molar refractivity (Wildman–Crippen MR) is 100 cm³/mol. The van der Waals surface area contributed by atoms with Crippen LogP contribution in [0.3, 0.4) is 0 Å². The van der Waals surface area contributed by atoms with Gasteiger partial charge in [0.15, 0.2) is 5.82 Å². The average Bonchev–Trinajstić information content (AvgIpc) is 3.02. The smallest absolute Gasteiger partial charge is 0.243 e. The third-order valence-corrected chi connectivity index (χ3v) is 4.47. The lowest BCUT2D eigenvalue weighted by Crippen LogP contribution is -2.51. The number of ether oxygens (including phenoxy) is 1. The first-order valence-electron chi connectivity index (χ1n) is 8.87. The van der Waals surface area contributed by atoms with E-state index in [2.05, 4.69) is 25.8 Å². The van der Waals surface area contributed by atoms with Crippen molar-refractivity contribution in [2.45, 2.75) is 46.3 Å². The molecule has 5 nitrogen and oxygen atoms in total. The summed E-state index contributed by atoms with van der Waals surface area (Å²) in [5.74, 6) is 0.747. The summed E-state index contributed by atoms with van der Waals surface area (Å²) in [7, 11) is 1.70. The Labute approximate surface area is 149 Å². The molecule has 0 aliphatic carbocycles. The highest BCUT2D eigenvalue weighted by Crippen LogP contribution is 2.32. The third-order valence-electron chi connectivity index (χ3n) is 4.47. The van der Waals surface area contributed by atoms with E-state index in [9.17, 15) is 4.79 Å². The quantitative estimate of drug-likeness (QED) is 0.843. The summed E-state index contributed by atoms with van der Waals surface area (Å²) in [6.45, 7) is 7.03. The molecule has 1 aromatic heterocycles. The highest BCUT2D eigenvalue weighted by molar-refractivity contribution is 6.01. The van der Waals surface area contributed by atoms with E-state index in [0.717, 1.165) is 30.2 Å². The normalized spacial score (nSPS) is 18.6. The number of anilines is 1. The van der Waals surface area contributed by atoms with Gasteiger partial charge in [0, 0.05) is 31.7 Å². The van der Waals surface area contributed by atoms with Crippen molar-refractivity contribution in [2.24, 2.45) is 5.41 Å². The van der Waals surface area contributed by atoms with Gasteiger partial charge in [-0.15, -0.1) is 0 Å². The molecule has 1 amide bonds. The second-order valence-corrected chi connectivity index (χ2v) is 7.79. The number of aromatic nitrogens is 1. The van der Waals surface area contributed by atoms with Crippen LogP contribution in [0.4, 0.5) is 5.82 Å². The second kappa shape index (κ2) is 7.10. The van der Waals surface area contributed by atoms with Crippen molar-refractivity contribution in [2.75, 3.05) is 18.7 Å². The predicted octanol–water partition coefficient (Wildman–Crippen LogP) is 3.99. The first kappa shape index (κ1) is 17.8. The molecule has 134 valence electrons. The Kier molecular flexibility index (Phi) is 5.06. The SMILES string of the molecule is COC1CCCN1N(C(=O)CC(C)(C)C)c1nccc2ccccc12. The summed E-state index contributed by atoms with van der Waals surface area (Å²) >= 11 is 0. The van der Waals surface area contributed by atoms with Crippen molar-refractivity contribution in [1.29, 1.82) is 0 Å². The Balaban J connectivity index is 2.08. The van der Waals surface area contributed by atoms with Gasteiger partial charge >= 0.3 is 0 Å². The van der Waals surface area contributed by atoms with E-state index in [-0.39, 0.29) is 17.6 Å². The molecule has 1 saturated heterocycles.